The average molecular weight is 332 g/mol. The lowest BCUT2D eigenvalue weighted by atomic mass is 10.1. The normalized spacial score (nSPS) is 10.5. The van der Waals surface area contributed by atoms with E-state index in [1.54, 1.807) is 14.0 Å². The van der Waals surface area contributed by atoms with Crippen LogP contribution in [-0.2, 0) is 13.5 Å². The molecule has 128 valence electrons. The Balaban J connectivity index is 2.44. The number of hydrogen-bond donors (Lipinski definition) is 3. The Morgan fingerprint density at radius 1 is 1.38 bits per heavy atom. The summed E-state index contributed by atoms with van der Waals surface area (Å²) in [7, 11) is 1.65. The van der Waals surface area contributed by atoms with Gasteiger partial charge in [0.15, 0.2) is 5.69 Å². The molecule has 2 aromatic heterocycles. The van der Waals surface area contributed by atoms with Crippen molar-refractivity contribution in [3.63, 3.8) is 0 Å². The van der Waals surface area contributed by atoms with Gasteiger partial charge in [0.1, 0.15) is 5.69 Å². The number of carbonyl (C=O) groups excluding carboxylic acids is 2. The topological polar surface area (TPSA) is 138 Å². The lowest BCUT2D eigenvalue weighted by Gasteiger charge is -2.11. The number of ether oxygens (including phenoxy) is 1. The predicted octanol–water partition coefficient (Wildman–Crippen LogP) is 0.710. The number of pyridine rings is 1. The first-order valence-electron chi connectivity index (χ1n) is 7.44. The minimum atomic E-state index is -0.772. The number of aromatic nitrogens is 3. The van der Waals surface area contributed by atoms with Gasteiger partial charge in [-0.05, 0) is 19.4 Å². The molecule has 0 aliphatic carbocycles. The van der Waals surface area contributed by atoms with Crippen molar-refractivity contribution in [2.24, 2.45) is 12.8 Å². The maximum absolute atomic E-state index is 12.7. The summed E-state index contributed by atoms with van der Waals surface area (Å²) in [5.74, 6) is -1.06. The van der Waals surface area contributed by atoms with Gasteiger partial charge in [0, 0.05) is 7.05 Å². The molecule has 5 N–H and O–H groups in total. The average Bonchev–Trinajstić information content (AvgIpc) is 2.87. The van der Waals surface area contributed by atoms with Crippen molar-refractivity contribution in [1.29, 1.82) is 0 Å². The van der Waals surface area contributed by atoms with E-state index in [0.29, 0.717) is 30.1 Å². The van der Waals surface area contributed by atoms with Gasteiger partial charge in [-0.25, -0.2) is 4.98 Å². The van der Waals surface area contributed by atoms with Gasteiger partial charge in [-0.1, -0.05) is 6.92 Å². The number of nitrogens with two attached hydrogens (primary N) is 2. The van der Waals surface area contributed by atoms with Gasteiger partial charge >= 0.3 is 0 Å². The second-order valence-corrected chi connectivity index (χ2v) is 5.02. The smallest absolute Gasteiger partial charge is 0.270 e. The molecule has 24 heavy (non-hydrogen) atoms. The summed E-state index contributed by atoms with van der Waals surface area (Å²) in [6, 6.07) is 1.53. The maximum Gasteiger partial charge on any atom is 0.270 e. The third-order valence-electron chi connectivity index (χ3n) is 3.36. The highest BCUT2D eigenvalue weighted by molar-refractivity contribution is 6.12. The highest BCUT2D eigenvalue weighted by Crippen LogP contribution is 2.25. The van der Waals surface area contributed by atoms with E-state index >= 15 is 0 Å². The van der Waals surface area contributed by atoms with E-state index in [0.717, 1.165) is 0 Å². The van der Waals surface area contributed by atoms with Crippen LogP contribution in [0.3, 0.4) is 0 Å². The van der Waals surface area contributed by atoms with E-state index in [9.17, 15) is 9.59 Å². The van der Waals surface area contributed by atoms with Gasteiger partial charge in [0.05, 0.1) is 29.7 Å². The molecule has 0 fully saturated rings. The van der Waals surface area contributed by atoms with Crippen LogP contribution < -0.4 is 21.5 Å². The van der Waals surface area contributed by atoms with Crippen LogP contribution >= 0.6 is 0 Å². The molecule has 0 bridgehead atoms. The summed E-state index contributed by atoms with van der Waals surface area (Å²) in [6.07, 6.45) is 1.93. The van der Waals surface area contributed by atoms with E-state index in [4.69, 9.17) is 16.2 Å². The molecule has 2 amide bonds. The Bertz CT molecular complexity index is 784. The summed E-state index contributed by atoms with van der Waals surface area (Å²) in [6.45, 7) is 4.02. The molecule has 9 heteroatoms. The number of nitrogen functional groups attached to an aromatic ring is 1. The molecule has 0 saturated heterocycles. The molecular weight excluding hydrogens is 312 g/mol. The Morgan fingerprint density at radius 2 is 2.08 bits per heavy atom. The zero-order valence-corrected chi connectivity index (χ0v) is 13.8. The number of primary amides is 1. The van der Waals surface area contributed by atoms with Crippen LogP contribution in [0.2, 0.25) is 0 Å². The van der Waals surface area contributed by atoms with Crippen molar-refractivity contribution in [2.75, 3.05) is 17.7 Å². The Labute approximate surface area is 139 Å². The minimum Gasteiger partial charge on any atom is -0.476 e. The van der Waals surface area contributed by atoms with Crippen molar-refractivity contribution in [1.82, 2.24) is 14.8 Å². The van der Waals surface area contributed by atoms with E-state index in [1.807, 2.05) is 6.92 Å². The molecule has 0 spiro atoms. The van der Waals surface area contributed by atoms with Crippen LogP contribution in [0.15, 0.2) is 12.3 Å². The van der Waals surface area contributed by atoms with Gasteiger partial charge in [0.2, 0.25) is 5.88 Å². The number of hydrogen-bond acceptors (Lipinski definition) is 6. The molecular formula is C15H20N6O3. The molecule has 2 rings (SSSR count). The second kappa shape index (κ2) is 6.99. The highest BCUT2D eigenvalue weighted by atomic mass is 16.5. The quantitative estimate of drug-likeness (QED) is 0.712. The molecule has 2 heterocycles. The van der Waals surface area contributed by atoms with Crippen molar-refractivity contribution < 1.29 is 14.3 Å². The number of amides is 2. The molecule has 0 radical (unpaired) electrons. The van der Waals surface area contributed by atoms with Gasteiger partial charge in [-0.2, -0.15) is 5.10 Å². The number of carbonyl (C=O) groups is 2. The third-order valence-corrected chi connectivity index (χ3v) is 3.36. The summed E-state index contributed by atoms with van der Waals surface area (Å²) < 4.78 is 6.84. The fourth-order valence-electron chi connectivity index (χ4n) is 2.37. The van der Waals surface area contributed by atoms with E-state index in [1.165, 1.54) is 16.9 Å². The summed E-state index contributed by atoms with van der Waals surface area (Å²) >= 11 is 0. The first-order valence-corrected chi connectivity index (χ1v) is 7.44. The first kappa shape index (κ1) is 17.3. The minimum absolute atomic E-state index is 0.0818. The van der Waals surface area contributed by atoms with Gasteiger partial charge < -0.3 is 21.5 Å². The largest absolute Gasteiger partial charge is 0.476 e. The monoisotopic (exact) mass is 332 g/mol. The Hall–Kier alpha value is -3.10. The fraction of sp³-hybridized carbons (Fsp3) is 0.333. The SMILES string of the molecule is CCOc1ncc(N)cc1NC(=O)c1c(C(N)=O)nn(C)c1CC. The van der Waals surface area contributed by atoms with Crippen molar-refractivity contribution >= 4 is 23.2 Å². The number of anilines is 2. The number of nitrogens with zero attached hydrogens (tertiary/aromatic N) is 3. The standard InChI is InChI=1S/C15H20N6O3/c1-4-10-11(12(13(17)22)20-21(10)3)14(23)19-9-6-8(16)7-18-15(9)24-5-2/h6-7H,4-5,16H2,1-3H3,(H2,17,22)(H,19,23). The number of nitrogens with one attached hydrogen (secondary N) is 1. The van der Waals surface area contributed by atoms with Gasteiger partial charge in [-0.15, -0.1) is 0 Å². The van der Waals surface area contributed by atoms with Gasteiger partial charge in [-0.3, -0.25) is 14.3 Å². The van der Waals surface area contributed by atoms with Crippen molar-refractivity contribution in [2.45, 2.75) is 20.3 Å². The van der Waals surface area contributed by atoms with Crippen LogP contribution in [-0.4, -0.2) is 33.2 Å². The van der Waals surface area contributed by atoms with Crippen LogP contribution in [0, 0.1) is 0 Å². The van der Waals surface area contributed by atoms with Gasteiger partial charge in [0.25, 0.3) is 11.8 Å². The highest BCUT2D eigenvalue weighted by Gasteiger charge is 2.25. The summed E-state index contributed by atoms with van der Waals surface area (Å²) in [4.78, 5) is 28.3. The Morgan fingerprint density at radius 3 is 2.67 bits per heavy atom. The third kappa shape index (κ3) is 3.29. The van der Waals surface area contributed by atoms with Crippen LogP contribution in [0.1, 0.15) is 40.4 Å². The van der Waals surface area contributed by atoms with Crippen molar-refractivity contribution in [3.8, 4) is 5.88 Å². The number of aryl methyl sites for hydroxylation is 1. The summed E-state index contributed by atoms with van der Waals surface area (Å²) in [5, 5.41) is 6.70. The van der Waals surface area contributed by atoms with E-state index in [2.05, 4.69) is 15.4 Å². The van der Waals surface area contributed by atoms with Crippen LogP contribution in [0.25, 0.3) is 0 Å². The predicted molar refractivity (Wildman–Crippen MR) is 88.9 cm³/mol. The Kier molecular flexibility index (Phi) is 5.02. The lowest BCUT2D eigenvalue weighted by Crippen LogP contribution is -2.21. The lowest BCUT2D eigenvalue weighted by molar-refractivity contribution is 0.0973. The molecule has 0 aliphatic rings. The molecule has 0 aromatic carbocycles. The van der Waals surface area contributed by atoms with Crippen LogP contribution in [0.5, 0.6) is 5.88 Å². The molecule has 0 saturated carbocycles. The zero-order valence-electron chi connectivity index (χ0n) is 13.8. The fourth-order valence-corrected chi connectivity index (χ4v) is 2.37. The van der Waals surface area contributed by atoms with E-state index in [-0.39, 0.29) is 17.1 Å². The number of rotatable bonds is 6. The molecule has 0 unspecified atom stereocenters. The maximum atomic E-state index is 12.7. The second-order valence-electron chi connectivity index (χ2n) is 5.02. The first-order chi connectivity index (χ1) is 11.4. The molecule has 0 atom stereocenters. The summed E-state index contributed by atoms with van der Waals surface area (Å²) in [5.41, 5.74) is 12.4. The molecule has 0 aliphatic heterocycles. The molecule has 9 nitrogen and oxygen atoms in total. The van der Waals surface area contributed by atoms with Crippen LogP contribution in [0.4, 0.5) is 11.4 Å². The molecule has 2 aromatic rings. The van der Waals surface area contributed by atoms with Crippen molar-refractivity contribution in [3.05, 3.63) is 29.2 Å². The van der Waals surface area contributed by atoms with E-state index < -0.39 is 11.8 Å². The zero-order chi connectivity index (χ0) is 17.9.